The second-order valence-corrected chi connectivity index (χ2v) is 5.11. The van der Waals surface area contributed by atoms with E-state index in [1.54, 1.807) is 0 Å². The van der Waals surface area contributed by atoms with Crippen molar-refractivity contribution in [1.82, 2.24) is 10.6 Å². The molecule has 1 fully saturated rings. The van der Waals surface area contributed by atoms with Crippen molar-refractivity contribution in [2.24, 2.45) is 5.92 Å². The second kappa shape index (κ2) is 8.00. The van der Waals surface area contributed by atoms with Gasteiger partial charge >= 0.3 is 0 Å². The van der Waals surface area contributed by atoms with Gasteiger partial charge in [-0.1, -0.05) is 19.1 Å². The summed E-state index contributed by atoms with van der Waals surface area (Å²) in [4.78, 5) is 12.3. The SMILES string of the molecule is CCNC1COCC1C(=O)NCc1cccc(OCC)c1. The number of hydrogen-bond acceptors (Lipinski definition) is 4. The molecule has 0 aromatic heterocycles. The molecule has 0 spiro atoms. The molecule has 2 N–H and O–H groups in total. The first-order chi connectivity index (χ1) is 10.2. The van der Waals surface area contributed by atoms with E-state index in [1.165, 1.54) is 0 Å². The topological polar surface area (TPSA) is 59.6 Å². The standard InChI is InChI=1S/C16H24N2O3/c1-3-17-15-11-20-10-14(15)16(19)18-9-12-6-5-7-13(8-12)21-4-2/h5-8,14-15,17H,3-4,9-11H2,1-2H3,(H,18,19). The predicted octanol–water partition coefficient (Wildman–Crippen LogP) is 1.33. The van der Waals surface area contributed by atoms with Gasteiger partial charge in [-0.3, -0.25) is 4.79 Å². The van der Waals surface area contributed by atoms with Crippen molar-refractivity contribution in [2.75, 3.05) is 26.4 Å². The van der Waals surface area contributed by atoms with Crippen LogP contribution in [0.25, 0.3) is 0 Å². The molecule has 1 amide bonds. The summed E-state index contributed by atoms with van der Waals surface area (Å²) in [5.41, 5.74) is 1.04. The van der Waals surface area contributed by atoms with Crippen molar-refractivity contribution in [2.45, 2.75) is 26.4 Å². The van der Waals surface area contributed by atoms with Crippen LogP contribution in [-0.2, 0) is 16.1 Å². The summed E-state index contributed by atoms with van der Waals surface area (Å²) in [6, 6.07) is 7.91. The van der Waals surface area contributed by atoms with Gasteiger partial charge in [-0.25, -0.2) is 0 Å². The van der Waals surface area contributed by atoms with Gasteiger partial charge in [0.15, 0.2) is 0 Å². The van der Waals surface area contributed by atoms with Crippen molar-refractivity contribution in [3.05, 3.63) is 29.8 Å². The summed E-state index contributed by atoms with van der Waals surface area (Å²) in [6.07, 6.45) is 0. The monoisotopic (exact) mass is 292 g/mol. The minimum Gasteiger partial charge on any atom is -0.494 e. The number of rotatable bonds is 7. The number of likely N-dealkylation sites (N-methyl/N-ethyl adjacent to an activating group) is 1. The summed E-state index contributed by atoms with van der Waals surface area (Å²) < 4.78 is 10.9. The second-order valence-electron chi connectivity index (χ2n) is 5.11. The largest absolute Gasteiger partial charge is 0.494 e. The predicted molar refractivity (Wildman–Crippen MR) is 81.2 cm³/mol. The van der Waals surface area contributed by atoms with E-state index in [0.29, 0.717) is 26.4 Å². The fraction of sp³-hybridized carbons (Fsp3) is 0.562. The first-order valence-electron chi connectivity index (χ1n) is 7.55. The van der Waals surface area contributed by atoms with Gasteiger partial charge in [-0.2, -0.15) is 0 Å². The molecule has 0 aliphatic carbocycles. The van der Waals surface area contributed by atoms with Crippen LogP contribution >= 0.6 is 0 Å². The van der Waals surface area contributed by atoms with Crippen molar-refractivity contribution >= 4 is 5.91 Å². The fourth-order valence-electron chi connectivity index (χ4n) is 2.51. The van der Waals surface area contributed by atoms with E-state index in [9.17, 15) is 4.79 Å². The molecule has 0 radical (unpaired) electrons. The van der Waals surface area contributed by atoms with E-state index in [-0.39, 0.29) is 17.9 Å². The molecule has 0 bridgehead atoms. The highest BCUT2D eigenvalue weighted by Gasteiger charge is 2.33. The maximum absolute atomic E-state index is 12.3. The zero-order valence-electron chi connectivity index (χ0n) is 12.7. The molecule has 1 heterocycles. The molecule has 1 aliphatic heterocycles. The molecular formula is C16H24N2O3. The average Bonchev–Trinajstić information content (AvgIpc) is 2.94. The van der Waals surface area contributed by atoms with Gasteiger partial charge in [0.2, 0.25) is 5.91 Å². The Hall–Kier alpha value is -1.59. The minimum absolute atomic E-state index is 0.0419. The van der Waals surface area contributed by atoms with Crippen LogP contribution in [0.5, 0.6) is 5.75 Å². The van der Waals surface area contributed by atoms with Crippen LogP contribution in [0.2, 0.25) is 0 Å². The first-order valence-corrected chi connectivity index (χ1v) is 7.55. The minimum atomic E-state index is -0.111. The molecule has 5 heteroatoms. The Morgan fingerprint density at radius 2 is 2.24 bits per heavy atom. The van der Waals surface area contributed by atoms with Gasteiger partial charge in [-0.05, 0) is 31.2 Å². The van der Waals surface area contributed by atoms with E-state index in [0.717, 1.165) is 17.9 Å². The molecule has 5 nitrogen and oxygen atoms in total. The van der Waals surface area contributed by atoms with Gasteiger partial charge in [0.05, 0.1) is 25.7 Å². The maximum atomic E-state index is 12.3. The molecule has 2 atom stereocenters. The smallest absolute Gasteiger partial charge is 0.227 e. The third-order valence-electron chi connectivity index (χ3n) is 3.56. The molecule has 116 valence electrons. The number of carbonyl (C=O) groups excluding carboxylic acids is 1. The zero-order valence-corrected chi connectivity index (χ0v) is 12.7. The highest BCUT2D eigenvalue weighted by molar-refractivity contribution is 5.79. The van der Waals surface area contributed by atoms with Crippen LogP contribution in [0.4, 0.5) is 0 Å². The molecule has 2 unspecified atom stereocenters. The third kappa shape index (κ3) is 4.44. The summed E-state index contributed by atoms with van der Waals surface area (Å²) in [6.45, 7) is 7.07. The number of benzene rings is 1. The van der Waals surface area contributed by atoms with Crippen LogP contribution in [0, 0.1) is 5.92 Å². The molecule has 1 saturated heterocycles. The highest BCUT2D eigenvalue weighted by Crippen LogP contribution is 2.15. The van der Waals surface area contributed by atoms with E-state index in [4.69, 9.17) is 9.47 Å². The lowest BCUT2D eigenvalue weighted by Gasteiger charge is -2.18. The molecule has 0 saturated carbocycles. The van der Waals surface area contributed by atoms with Crippen LogP contribution < -0.4 is 15.4 Å². The Morgan fingerprint density at radius 3 is 3.00 bits per heavy atom. The average molecular weight is 292 g/mol. The van der Waals surface area contributed by atoms with Gasteiger partial charge < -0.3 is 20.1 Å². The van der Waals surface area contributed by atoms with Crippen LogP contribution in [0.1, 0.15) is 19.4 Å². The molecule has 2 rings (SSSR count). The fourth-order valence-corrected chi connectivity index (χ4v) is 2.51. The Morgan fingerprint density at radius 1 is 1.38 bits per heavy atom. The quantitative estimate of drug-likeness (QED) is 0.796. The Bertz CT molecular complexity index is 465. The summed E-state index contributed by atoms with van der Waals surface area (Å²) >= 11 is 0. The molecule has 1 aliphatic rings. The number of carbonyl (C=O) groups is 1. The number of amides is 1. The maximum Gasteiger partial charge on any atom is 0.227 e. The van der Waals surface area contributed by atoms with Crippen molar-refractivity contribution in [3.8, 4) is 5.75 Å². The Balaban J connectivity index is 1.87. The lowest BCUT2D eigenvalue weighted by molar-refractivity contribution is -0.125. The summed E-state index contributed by atoms with van der Waals surface area (Å²) in [5, 5.41) is 6.28. The number of ether oxygens (including phenoxy) is 2. The normalized spacial score (nSPS) is 21.2. The number of hydrogen-bond donors (Lipinski definition) is 2. The highest BCUT2D eigenvalue weighted by atomic mass is 16.5. The van der Waals surface area contributed by atoms with E-state index in [1.807, 2.05) is 38.1 Å². The number of nitrogens with one attached hydrogen (secondary N) is 2. The lowest BCUT2D eigenvalue weighted by atomic mass is 10.0. The van der Waals surface area contributed by atoms with Crippen molar-refractivity contribution < 1.29 is 14.3 Å². The molecular weight excluding hydrogens is 268 g/mol. The summed E-state index contributed by atoms with van der Waals surface area (Å²) in [7, 11) is 0. The van der Waals surface area contributed by atoms with Crippen LogP contribution in [-0.4, -0.2) is 38.3 Å². The molecule has 21 heavy (non-hydrogen) atoms. The molecule has 1 aromatic rings. The van der Waals surface area contributed by atoms with E-state index >= 15 is 0 Å². The third-order valence-corrected chi connectivity index (χ3v) is 3.56. The van der Waals surface area contributed by atoms with Crippen LogP contribution in [0.15, 0.2) is 24.3 Å². The first kappa shape index (κ1) is 15.8. The zero-order chi connectivity index (χ0) is 15.1. The van der Waals surface area contributed by atoms with Gasteiger partial charge in [0.1, 0.15) is 5.75 Å². The van der Waals surface area contributed by atoms with E-state index in [2.05, 4.69) is 10.6 Å². The Labute approximate surface area is 126 Å². The summed E-state index contributed by atoms with van der Waals surface area (Å²) in [5.74, 6) is 0.763. The molecule has 1 aromatic carbocycles. The van der Waals surface area contributed by atoms with Gasteiger partial charge in [0, 0.05) is 12.6 Å². The van der Waals surface area contributed by atoms with E-state index < -0.39 is 0 Å². The van der Waals surface area contributed by atoms with Gasteiger partial charge in [0.25, 0.3) is 0 Å². The van der Waals surface area contributed by atoms with Crippen molar-refractivity contribution in [1.29, 1.82) is 0 Å². The van der Waals surface area contributed by atoms with Crippen LogP contribution in [0.3, 0.4) is 0 Å². The Kier molecular flexibility index (Phi) is 6.02. The van der Waals surface area contributed by atoms with Crippen molar-refractivity contribution in [3.63, 3.8) is 0 Å². The van der Waals surface area contributed by atoms with Gasteiger partial charge in [-0.15, -0.1) is 0 Å². The lowest BCUT2D eigenvalue weighted by Crippen LogP contribution is -2.43.